The van der Waals surface area contributed by atoms with Gasteiger partial charge in [0.25, 0.3) is 10.1 Å². The topological polar surface area (TPSA) is 83.9 Å². The molecule has 1 saturated heterocycles. The number of anilines is 1. The van der Waals surface area contributed by atoms with E-state index in [4.69, 9.17) is 9.29 Å². The van der Waals surface area contributed by atoms with Gasteiger partial charge in [0.2, 0.25) is 0 Å². The second kappa shape index (κ2) is 5.80. The van der Waals surface area contributed by atoms with E-state index in [1.165, 1.54) is 0 Å². The molecule has 0 bridgehead atoms. The minimum atomic E-state index is -3.40. The first kappa shape index (κ1) is 14.8. The van der Waals surface area contributed by atoms with E-state index in [9.17, 15) is 13.2 Å². The first-order valence-electron chi connectivity index (χ1n) is 6.32. The van der Waals surface area contributed by atoms with Crippen molar-refractivity contribution in [3.63, 3.8) is 0 Å². The molecule has 2 rings (SSSR count). The highest BCUT2D eigenvalue weighted by molar-refractivity contribution is 7.86. The van der Waals surface area contributed by atoms with Crippen molar-refractivity contribution in [2.45, 2.75) is 18.9 Å². The number of carboxylic acid groups (broad SMARTS) is 1. The molecule has 0 unspecified atom stereocenters. The van der Waals surface area contributed by atoms with E-state index in [0.29, 0.717) is 25.9 Å². The van der Waals surface area contributed by atoms with E-state index in [0.717, 1.165) is 11.9 Å². The normalized spacial score (nSPS) is 17.1. The maximum atomic E-state index is 11.1. The van der Waals surface area contributed by atoms with Gasteiger partial charge in [-0.25, -0.2) is 4.79 Å². The fourth-order valence-corrected chi connectivity index (χ4v) is 2.96. The van der Waals surface area contributed by atoms with Crippen molar-refractivity contribution in [2.24, 2.45) is 0 Å². The van der Waals surface area contributed by atoms with E-state index in [1.807, 2.05) is 0 Å². The Balaban J connectivity index is 1.95. The summed E-state index contributed by atoms with van der Waals surface area (Å²) in [6.45, 7) is 1.37. The van der Waals surface area contributed by atoms with Crippen molar-refractivity contribution in [2.75, 3.05) is 24.2 Å². The number of piperidine rings is 1. The van der Waals surface area contributed by atoms with Gasteiger partial charge in [-0.05, 0) is 37.1 Å². The minimum absolute atomic E-state index is 0.254. The molecule has 0 radical (unpaired) electrons. The van der Waals surface area contributed by atoms with Crippen molar-refractivity contribution in [1.29, 1.82) is 0 Å². The SMILES string of the molecule is CS(=O)(=O)OC1CCN(c2ccc(C(=O)O)cc2)CC1. The van der Waals surface area contributed by atoms with Crippen molar-refractivity contribution < 1.29 is 22.5 Å². The van der Waals surface area contributed by atoms with Crippen LogP contribution in [0.15, 0.2) is 24.3 Å². The van der Waals surface area contributed by atoms with Gasteiger partial charge < -0.3 is 10.0 Å². The highest BCUT2D eigenvalue weighted by atomic mass is 32.2. The standard InChI is InChI=1S/C13H17NO5S/c1-20(17,18)19-12-6-8-14(9-7-12)11-4-2-10(3-5-11)13(15)16/h2-5,12H,6-9H2,1H3,(H,15,16). The zero-order valence-electron chi connectivity index (χ0n) is 11.2. The summed E-state index contributed by atoms with van der Waals surface area (Å²) in [6.07, 6.45) is 2.06. The van der Waals surface area contributed by atoms with Crippen LogP contribution >= 0.6 is 0 Å². The Morgan fingerprint density at radius 1 is 1.25 bits per heavy atom. The first-order chi connectivity index (χ1) is 9.35. The van der Waals surface area contributed by atoms with Crippen LogP contribution in [0.5, 0.6) is 0 Å². The van der Waals surface area contributed by atoms with Gasteiger partial charge in [0.15, 0.2) is 0 Å². The number of nitrogens with zero attached hydrogens (tertiary/aromatic N) is 1. The average molecular weight is 299 g/mol. The van der Waals surface area contributed by atoms with Gasteiger partial charge in [-0.3, -0.25) is 4.18 Å². The van der Waals surface area contributed by atoms with Gasteiger partial charge in [0, 0.05) is 18.8 Å². The molecule has 0 aliphatic carbocycles. The van der Waals surface area contributed by atoms with Gasteiger partial charge in [-0.1, -0.05) is 0 Å². The largest absolute Gasteiger partial charge is 0.478 e. The van der Waals surface area contributed by atoms with Gasteiger partial charge in [0.1, 0.15) is 0 Å². The van der Waals surface area contributed by atoms with Crippen molar-refractivity contribution in [3.8, 4) is 0 Å². The zero-order valence-corrected chi connectivity index (χ0v) is 12.0. The Morgan fingerprint density at radius 3 is 2.25 bits per heavy atom. The van der Waals surface area contributed by atoms with Crippen molar-refractivity contribution >= 4 is 21.8 Å². The third-order valence-electron chi connectivity index (χ3n) is 3.23. The molecule has 7 heteroatoms. The maximum Gasteiger partial charge on any atom is 0.335 e. The van der Waals surface area contributed by atoms with E-state index >= 15 is 0 Å². The van der Waals surface area contributed by atoms with Gasteiger partial charge >= 0.3 is 5.97 Å². The third-order valence-corrected chi connectivity index (χ3v) is 3.85. The van der Waals surface area contributed by atoms with Crippen LogP contribution in [0.25, 0.3) is 0 Å². The highest BCUT2D eigenvalue weighted by Crippen LogP contribution is 2.22. The molecule has 1 aliphatic rings. The lowest BCUT2D eigenvalue weighted by Gasteiger charge is -2.32. The highest BCUT2D eigenvalue weighted by Gasteiger charge is 2.23. The Kier molecular flexibility index (Phi) is 4.29. The summed E-state index contributed by atoms with van der Waals surface area (Å²) in [6, 6.07) is 6.66. The van der Waals surface area contributed by atoms with Crippen molar-refractivity contribution in [3.05, 3.63) is 29.8 Å². The molecular formula is C13H17NO5S. The molecule has 0 atom stereocenters. The Morgan fingerprint density at radius 2 is 1.80 bits per heavy atom. The summed E-state index contributed by atoms with van der Waals surface area (Å²) < 4.78 is 27.1. The predicted molar refractivity (Wildman–Crippen MR) is 74.6 cm³/mol. The summed E-state index contributed by atoms with van der Waals surface area (Å²) in [5, 5.41) is 8.84. The number of aromatic carboxylic acids is 1. The van der Waals surface area contributed by atoms with E-state index in [1.54, 1.807) is 24.3 Å². The molecule has 110 valence electrons. The van der Waals surface area contributed by atoms with Crippen LogP contribution in [0.4, 0.5) is 5.69 Å². The molecule has 1 N–H and O–H groups in total. The third kappa shape index (κ3) is 3.94. The summed E-state index contributed by atoms with van der Waals surface area (Å²) >= 11 is 0. The number of rotatable bonds is 4. The number of carbonyl (C=O) groups is 1. The predicted octanol–water partition coefficient (Wildman–Crippen LogP) is 1.33. The Labute approximate surface area is 118 Å². The summed E-state index contributed by atoms with van der Waals surface area (Å²) in [7, 11) is -3.40. The summed E-state index contributed by atoms with van der Waals surface area (Å²) in [5.74, 6) is -0.947. The van der Waals surface area contributed by atoms with Crippen LogP contribution in [0.1, 0.15) is 23.2 Å². The lowest BCUT2D eigenvalue weighted by atomic mass is 10.1. The Hall–Kier alpha value is -1.60. The second-order valence-electron chi connectivity index (χ2n) is 4.84. The fraction of sp³-hybridized carbons (Fsp3) is 0.462. The lowest BCUT2D eigenvalue weighted by Crippen LogP contribution is -2.37. The van der Waals surface area contributed by atoms with Gasteiger partial charge in [-0.2, -0.15) is 8.42 Å². The van der Waals surface area contributed by atoms with E-state index in [-0.39, 0.29) is 11.7 Å². The van der Waals surface area contributed by atoms with Crippen LogP contribution in [-0.2, 0) is 14.3 Å². The first-order valence-corrected chi connectivity index (χ1v) is 8.13. The molecule has 6 nitrogen and oxygen atoms in total. The monoisotopic (exact) mass is 299 g/mol. The van der Waals surface area contributed by atoms with Gasteiger partial charge in [-0.15, -0.1) is 0 Å². The molecule has 1 heterocycles. The second-order valence-corrected chi connectivity index (χ2v) is 6.44. The number of hydrogen-bond acceptors (Lipinski definition) is 5. The van der Waals surface area contributed by atoms with Crippen LogP contribution < -0.4 is 4.90 Å². The molecule has 20 heavy (non-hydrogen) atoms. The minimum Gasteiger partial charge on any atom is -0.478 e. The molecule has 0 amide bonds. The summed E-state index contributed by atoms with van der Waals surface area (Å²) in [4.78, 5) is 12.9. The molecule has 1 aliphatic heterocycles. The van der Waals surface area contributed by atoms with Crippen molar-refractivity contribution in [1.82, 2.24) is 0 Å². The van der Waals surface area contributed by atoms with Crippen LogP contribution in [0, 0.1) is 0 Å². The molecule has 0 aromatic heterocycles. The molecular weight excluding hydrogens is 282 g/mol. The average Bonchev–Trinajstić information content (AvgIpc) is 2.38. The number of carboxylic acids is 1. The fourth-order valence-electron chi connectivity index (χ4n) is 2.27. The summed E-state index contributed by atoms with van der Waals surface area (Å²) in [5.41, 5.74) is 1.19. The smallest absolute Gasteiger partial charge is 0.335 e. The molecule has 0 saturated carbocycles. The number of hydrogen-bond donors (Lipinski definition) is 1. The van der Waals surface area contributed by atoms with E-state index in [2.05, 4.69) is 4.90 Å². The molecule has 1 fully saturated rings. The quantitative estimate of drug-likeness (QED) is 0.844. The molecule has 1 aromatic rings. The molecule has 1 aromatic carbocycles. The molecule has 0 spiro atoms. The van der Waals surface area contributed by atoms with Crippen LogP contribution in [0.2, 0.25) is 0 Å². The van der Waals surface area contributed by atoms with Crippen LogP contribution in [0.3, 0.4) is 0 Å². The Bertz CT molecular complexity index is 573. The van der Waals surface area contributed by atoms with E-state index < -0.39 is 16.1 Å². The lowest BCUT2D eigenvalue weighted by molar-refractivity contribution is 0.0697. The van der Waals surface area contributed by atoms with Crippen LogP contribution in [-0.4, -0.2) is 44.9 Å². The number of benzene rings is 1. The van der Waals surface area contributed by atoms with Gasteiger partial charge in [0.05, 0.1) is 17.9 Å². The maximum absolute atomic E-state index is 11.1. The zero-order chi connectivity index (χ0) is 14.8.